The van der Waals surface area contributed by atoms with Crippen LogP contribution in [-0.2, 0) is 15.9 Å². The molecule has 2 aromatic heterocycles. The lowest BCUT2D eigenvalue weighted by molar-refractivity contribution is -0.148. The molecular formula is C24H22Cl2FN3O3. The van der Waals surface area contributed by atoms with Crippen LogP contribution in [0.15, 0.2) is 47.0 Å². The molecule has 2 aliphatic rings. The van der Waals surface area contributed by atoms with E-state index in [9.17, 15) is 9.18 Å². The fraction of sp³-hybridized carbons (Fsp3) is 0.375. The molecule has 0 saturated carbocycles. The van der Waals surface area contributed by atoms with Crippen molar-refractivity contribution >= 4 is 34.1 Å². The number of nitrogens with zero attached hydrogens (tertiary/aromatic N) is 3. The first kappa shape index (κ1) is 22.5. The minimum atomic E-state index is -0.785. The Morgan fingerprint density at radius 1 is 1.15 bits per heavy atom. The van der Waals surface area contributed by atoms with E-state index in [0.29, 0.717) is 34.5 Å². The molecule has 5 rings (SSSR count). The largest absolute Gasteiger partial charge is 0.342 e. The summed E-state index contributed by atoms with van der Waals surface area (Å²) in [5.74, 6) is -1.14. The van der Waals surface area contributed by atoms with Gasteiger partial charge in [0.15, 0.2) is 5.79 Å². The third-order valence-electron chi connectivity index (χ3n) is 6.11. The zero-order chi connectivity index (χ0) is 23.5. The molecule has 1 aromatic carbocycles. The van der Waals surface area contributed by atoms with Crippen LogP contribution >= 0.6 is 23.2 Å². The molecule has 1 fully saturated rings. The summed E-state index contributed by atoms with van der Waals surface area (Å²) in [6, 6.07) is 5.92. The quantitative estimate of drug-likeness (QED) is 0.373. The first-order valence-electron chi connectivity index (χ1n) is 10.7. The summed E-state index contributed by atoms with van der Waals surface area (Å²) in [4.78, 5) is 21.0. The predicted octanol–water partition coefficient (Wildman–Crippen LogP) is 5.18. The lowest BCUT2D eigenvalue weighted by Crippen LogP contribution is -2.33. The number of pyridine rings is 1. The molecule has 1 aliphatic heterocycles. The van der Waals surface area contributed by atoms with Gasteiger partial charge in [0.05, 0.1) is 28.6 Å². The summed E-state index contributed by atoms with van der Waals surface area (Å²) in [6.45, 7) is 5.49. The minimum absolute atomic E-state index is 0.141. The molecule has 6 nitrogen and oxygen atoms in total. The molecular weight excluding hydrogens is 468 g/mol. The number of benzene rings is 1. The van der Waals surface area contributed by atoms with Crippen LogP contribution in [0.5, 0.6) is 0 Å². The monoisotopic (exact) mass is 489 g/mol. The van der Waals surface area contributed by atoms with Gasteiger partial charge in [-0.05, 0) is 62.9 Å². The number of fused-ring (bicyclic) bond motifs is 2. The van der Waals surface area contributed by atoms with Crippen molar-refractivity contribution in [2.24, 2.45) is 0 Å². The number of rotatable bonds is 4. The van der Waals surface area contributed by atoms with E-state index in [4.69, 9.17) is 32.7 Å². The van der Waals surface area contributed by atoms with Gasteiger partial charge in [0.1, 0.15) is 23.2 Å². The van der Waals surface area contributed by atoms with E-state index < -0.39 is 5.79 Å². The zero-order valence-electron chi connectivity index (χ0n) is 18.3. The molecule has 0 amide bonds. The third-order valence-corrected chi connectivity index (χ3v) is 6.70. The maximum Gasteiger partial charge on any atom is 0.255 e. The van der Waals surface area contributed by atoms with E-state index in [1.807, 2.05) is 26.0 Å². The van der Waals surface area contributed by atoms with Crippen LogP contribution in [0.25, 0.3) is 10.9 Å². The van der Waals surface area contributed by atoms with Gasteiger partial charge in [0, 0.05) is 11.5 Å². The Labute approximate surface area is 200 Å². The van der Waals surface area contributed by atoms with E-state index in [0.717, 1.165) is 11.1 Å². The Hall–Kier alpha value is -2.32. The highest BCUT2D eigenvalue weighted by molar-refractivity contribution is 6.31. The minimum Gasteiger partial charge on any atom is -0.342 e. The molecule has 0 bridgehead atoms. The molecule has 3 aromatic rings. The Bertz CT molecular complexity index is 1350. The first-order valence-corrected chi connectivity index (χ1v) is 11.4. The number of ether oxygens (including phenoxy) is 2. The molecule has 33 heavy (non-hydrogen) atoms. The van der Waals surface area contributed by atoms with E-state index in [2.05, 4.69) is 9.97 Å². The Kier molecular flexibility index (Phi) is 5.56. The molecule has 3 heterocycles. The molecule has 3 atom stereocenters. The zero-order valence-corrected chi connectivity index (χ0v) is 19.8. The molecule has 1 aliphatic carbocycles. The van der Waals surface area contributed by atoms with Crippen LogP contribution in [-0.4, -0.2) is 32.5 Å². The van der Waals surface area contributed by atoms with Crippen LogP contribution in [0.2, 0.25) is 10.2 Å². The topological polar surface area (TPSA) is 66.2 Å². The van der Waals surface area contributed by atoms with Crippen LogP contribution in [0, 0.1) is 12.7 Å². The highest BCUT2D eigenvalue weighted by atomic mass is 35.5. The standard InChI is InChI=1S/C24H22Cl2FN3O3/c1-12-16(25)9-15-17(27)6-13(7-18(15)29-12)4-5-14-8-19(23-22(14)32-24(2,3)33-23)30-11-28-20(26)10-21(30)31/h6-11,19,22-23H,4-5H2,1-3H3/t19-,22-,23+/m1/s1. The van der Waals surface area contributed by atoms with Crippen molar-refractivity contribution in [2.75, 3.05) is 0 Å². The van der Waals surface area contributed by atoms with Gasteiger partial charge < -0.3 is 9.47 Å². The van der Waals surface area contributed by atoms with Gasteiger partial charge in [-0.15, -0.1) is 0 Å². The highest BCUT2D eigenvalue weighted by Gasteiger charge is 2.50. The summed E-state index contributed by atoms with van der Waals surface area (Å²) >= 11 is 12.0. The number of hydrogen-bond donors (Lipinski definition) is 0. The fourth-order valence-corrected chi connectivity index (χ4v) is 4.89. The average Bonchev–Trinajstić information content (AvgIpc) is 3.21. The number of aryl methyl sites for hydroxylation is 2. The normalized spacial score (nSPS) is 23.7. The highest BCUT2D eigenvalue weighted by Crippen LogP contribution is 2.44. The predicted molar refractivity (Wildman–Crippen MR) is 124 cm³/mol. The Balaban J connectivity index is 1.45. The van der Waals surface area contributed by atoms with Crippen LogP contribution in [0.3, 0.4) is 0 Å². The average molecular weight is 490 g/mol. The van der Waals surface area contributed by atoms with Crippen molar-refractivity contribution in [2.45, 2.75) is 57.6 Å². The number of halogens is 3. The summed E-state index contributed by atoms with van der Waals surface area (Å²) in [5.41, 5.74) is 2.78. The smallest absolute Gasteiger partial charge is 0.255 e. The molecule has 0 spiro atoms. The molecule has 0 unspecified atom stereocenters. The van der Waals surface area contributed by atoms with Crippen molar-refractivity contribution in [1.29, 1.82) is 0 Å². The molecule has 172 valence electrons. The molecule has 0 radical (unpaired) electrons. The van der Waals surface area contributed by atoms with E-state index in [-0.39, 0.29) is 34.8 Å². The molecule has 9 heteroatoms. The van der Waals surface area contributed by atoms with Crippen molar-refractivity contribution in [3.05, 3.63) is 79.8 Å². The number of aromatic nitrogens is 3. The van der Waals surface area contributed by atoms with Gasteiger partial charge in [-0.3, -0.25) is 14.3 Å². The summed E-state index contributed by atoms with van der Waals surface area (Å²) in [6.07, 6.45) is 3.94. The Morgan fingerprint density at radius 2 is 1.94 bits per heavy atom. The second-order valence-electron chi connectivity index (χ2n) is 8.91. The molecule has 0 N–H and O–H groups in total. The van der Waals surface area contributed by atoms with Gasteiger partial charge in [-0.2, -0.15) is 0 Å². The second-order valence-corrected chi connectivity index (χ2v) is 9.70. The SMILES string of the molecule is Cc1nc2cc(CCC3=C[C@@H](n4cnc(Cl)cc4=O)[C@@H]4OC(C)(C)O[C@H]34)cc(F)c2cc1Cl. The Morgan fingerprint density at radius 3 is 2.70 bits per heavy atom. The van der Waals surface area contributed by atoms with E-state index in [1.165, 1.54) is 23.0 Å². The lowest BCUT2D eigenvalue weighted by Gasteiger charge is -2.22. The summed E-state index contributed by atoms with van der Waals surface area (Å²) in [5, 5.41) is 0.983. The van der Waals surface area contributed by atoms with Crippen molar-refractivity contribution in [3.63, 3.8) is 0 Å². The van der Waals surface area contributed by atoms with Gasteiger partial charge in [-0.1, -0.05) is 29.3 Å². The van der Waals surface area contributed by atoms with Gasteiger partial charge in [0.25, 0.3) is 5.56 Å². The lowest BCUT2D eigenvalue weighted by atomic mass is 10.0. The maximum absolute atomic E-state index is 14.7. The number of hydrogen-bond acceptors (Lipinski definition) is 5. The summed E-state index contributed by atoms with van der Waals surface area (Å²) < 4.78 is 28.5. The maximum atomic E-state index is 14.7. The third kappa shape index (κ3) is 4.19. The van der Waals surface area contributed by atoms with Crippen molar-refractivity contribution in [3.8, 4) is 0 Å². The summed E-state index contributed by atoms with van der Waals surface area (Å²) in [7, 11) is 0. The van der Waals surface area contributed by atoms with Crippen molar-refractivity contribution < 1.29 is 13.9 Å². The van der Waals surface area contributed by atoms with Crippen LogP contribution in [0.1, 0.15) is 37.6 Å². The fourth-order valence-electron chi connectivity index (χ4n) is 4.60. The second kappa shape index (κ2) is 8.17. The van der Waals surface area contributed by atoms with Gasteiger partial charge in [-0.25, -0.2) is 9.37 Å². The van der Waals surface area contributed by atoms with E-state index >= 15 is 0 Å². The van der Waals surface area contributed by atoms with Gasteiger partial charge >= 0.3 is 0 Å². The first-order chi connectivity index (χ1) is 15.6. The van der Waals surface area contributed by atoms with E-state index in [1.54, 1.807) is 13.0 Å². The van der Waals surface area contributed by atoms with Crippen LogP contribution in [0.4, 0.5) is 4.39 Å². The van der Waals surface area contributed by atoms with Gasteiger partial charge in [0.2, 0.25) is 0 Å². The van der Waals surface area contributed by atoms with Crippen LogP contribution < -0.4 is 5.56 Å². The van der Waals surface area contributed by atoms with Crippen molar-refractivity contribution in [1.82, 2.24) is 14.5 Å². The molecule has 1 saturated heterocycles.